The van der Waals surface area contributed by atoms with E-state index in [0.29, 0.717) is 38.7 Å². The van der Waals surface area contributed by atoms with Gasteiger partial charge in [-0.05, 0) is 0 Å². The van der Waals surface area contributed by atoms with E-state index in [9.17, 15) is 0 Å². The first kappa shape index (κ1) is 8.87. The van der Waals surface area contributed by atoms with Crippen molar-refractivity contribution in [1.82, 2.24) is 0 Å². The molecule has 0 aliphatic rings. The van der Waals surface area contributed by atoms with Gasteiger partial charge >= 0.3 is 45.6 Å². The fourth-order valence-electron chi connectivity index (χ4n) is 0. The first-order valence-corrected chi connectivity index (χ1v) is 2.24. The fraction of sp³-hybridized carbons (Fsp3) is 0. The zero-order chi connectivity index (χ0) is 4.00. The summed E-state index contributed by atoms with van der Waals surface area (Å²) in [6.07, 6.45) is 0. The van der Waals surface area contributed by atoms with E-state index in [2.05, 4.69) is 0 Å². The summed E-state index contributed by atoms with van der Waals surface area (Å²) in [5.74, 6) is 0. The van der Waals surface area contributed by atoms with E-state index in [0.717, 1.165) is 0 Å². The Kier molecular flexibility index (Phi) is 86.4. The van der Waals surface area contributed by atoms with Crippen LogP contribution in [0.3, 0.4) is 0 Å². The van der Waals surface area contributed by atoms with Crippen LogP contribution in [0, 0.1) is 0 Å². The van der Waals surface area contributed by atoms with Gasteiger partial charge in [0.05, 0.1) is 0 Å². The molecule has 4 heteroatoms. The topological polar surface area (TPSA) is 34.1 Å². The van der Waals surface area contributed by atoms with Crippen LogP contribution in [0.2, 0.25) is 0 Å². The van der Waals surface area contributed by atoms with Crippen molar-refractivity contribution in [2.75, 3.05) is 0 Å². The molecule has 0 saturated heterocycles. The summed E-state index contributed by atoms with van der Waals surface area (Å²) in [6, 6.07) is 0. The molecular weight excluding hydrogens is 178 g/mol. The van der Waals surface area contributed by atoms with Crippen LogP contribution in [0.25, 0.3) is 0 Å². The summed E-state index contributed by atoms with van der Waals surface area (Å²) in [5, 5.41) is 0. The van der Waals surface area contributed by atoms with E-state index in [1.165, 1.54) is 0 Å². The van der Waals surface area contributed by atoms with Crippen molar-refractivity contribution in [2.24, 2.45) is 0 Å². The van der Waals surface area contributed by atoms with Crippen LogP contribution in [-0.2, 0) is 6.88 Å². The molecule has 0 aromatic rings. The van der Waals surface area contributed by atoms with Crippen molar-refractivity contribution in [3.63, 3.8) is 0 Å². The molecule has 0 aromatic heterocycles. The molecule has 0 atom stereocenters. The molecule has 0 bridgehead atoms. The van der Waals surface area contributed by atoms with Crippen molar-refractivity contribution in [3.8, 4) is 0 Å². The van der Waals surface area contributed by atoms with Crippen LogP contribution in [0.15, 0.2) is 0 Å². The van der Waals surface area contributed by atoms with E-state index < -0.39 is 0 Å². The Balaban J connectivity index is 0. The Morgan fingerprint density at radius 3 is 1.25 bits per heavy atom. The Bertz CT molecular complexity index is 8.00. The summed E-state index contributed by atoms with van der Waals surface area (Å²) < 4.78 is 16.6. The monoisotopic (exact) mass is 180 g/mol. The van der Waals surface area contributed by atoms with E-state index in [4.69, 9.17) is 6.88 Å². The molecule has 0 fully saturated rings. The van der Waals surface area contributed by atoms with Crippen LogP contribution in [0.5, 0.6) is 0 Å². The number of hydrogen-bond donors (Lipinski definition) is 0. The van der Waals surface area contributed by atoms with Crippen LogP contribution in [0.4, 0.5) is 0 Å². The second-order valence-electron chi connectivity index (χ2n) is 0. The van der Waals surface area contributed by atoms with Crippen LogP contribution in [0.1, 0.15) is 0 Å². The Hall–Kier alpha value is 0.931. The third-order valence-corrected chi connectivity index (χ3v) is 0. The third-order valence-electron chi connectivity index (χ3n) is 0. The van der Waals surface area contributed by atoms with Crippen molar-refractivity contribution < 1.29 is 6.88 Å². The predicted molar refractivity (Wildman–Crippen MR) is 14.3 cm³/mol. The van der Waals surface area contributed by atoms with E-state index in [1.807, 2.05) is 0 Å². The quantitative estimate of drug-likeness (QED) is 0.434. The molecule has 0 aromatic carbocycles. The number of hydrogen-bond acceptors (Lipinski definition) is 2. The van der Waals surface area contributed by atoms with Gasteiger partial charge in [0.15, 0.2) is 0 Å². The predicted octanol–water partition coefficient (Wildman–Crippen LogP) is -1.27. The molecule has 0 saturated carbocycles. The fourth-order valence-corrected chi connectivity index (χ4v) is 0. The summed E-state index contributed by atoms with van der Waals surface area (Å²) in [6.45, 7) is 0. The standard InChI is InChI=1S/Al.2O.Sn.H. The molecule has 0 aliphatic heterocycles. The Labute approximate surface area is 45.7 Å². The van der Waals surface area contributed by atoms with Crippen LogP contribution < -0.4 is 0 Å². The minimum absolute atomic E-state index is 0.300. The zero-order valence-corrected chi connectivity index (χ0v) is 6.29. The first-order valence-electron chi connectivity index (χ1n) is 0.493. The molecule has 0 aliphatic carbocycles. The molecule has 2 nitrogen and oxygen atoms in total. The maximum atomic E-state index is 8.34. The Morgan fingerprint density at radius 2 is 1.25 bits per heavy atom. The van der Waals surface area contributed by atoms with Crippen molar-refractivity contribution in [2.45, 2.75) is 0 Å². The van der Waals surface area contributed by atoms with Gasteiger partial charge in [-0.15, -0.1) is 0 Å². The molecule has 0 heterocycles. The summed E-state index contributed by atoms with van der Waals surface area (Å²) in [5.41, 5.74) is 0. The molecular formula is HAlO2Sn. The van der Waals surface area contributed by atoms with Crippen LogP contribution >= 0.6 is 0 Å². The van der Waals surface area contributed by atoms with Crippen molar-refractivity contribution in [3.05, 3.63) is 0 Å². The van der Waals surface area contributed by atoms with Gasteiger partial charge < -0.3 is 0 Å². The van der Waals surface area contributed by atoms with E-state index >= 15 is 0 Å². The van der Waals surface area contributed by atoms with Gasteiger partial charge in [-0.3, -0.25) is 0 Å². The van der Waals surface area contributed by atoms with Gasteiger partial charge in [-0.25, -0.2) is 0 Å². The average molecular weight is 179 g/mol. The van der Waals surface area contributed by atoms with Gasteiger partial charge in [0.1, 0.15) is 0 Å². The second-order valence-corrected chi connectivity index (χ2v) is 0. The minimum atomic E-state index is 0.300. The second kappa shape index (κ2) is 39.0. The summed E-state index contributed by atoms with van der Waals surface area (Å²) >= 11 is 0.911. The summed E-state index contributed by atoms with van der Waals surface area (Å²) in [7, 11) is 0. The van der Waals surface area contributed by atoms with Gasteiger partial charge in [0, 0.05) is 0 Å². The summed E-state index contributed by atoms with van der Waals surface area (Å²) in [4.78, 5) is 0. The Morgan fingerprint density at radius 1 is 1.25 bits per heavy atom. The van der Waals surface area contributed by atoms with Gasteiger partial charge in [-0.2, -0.15) is 0 Å². The number of rotatable bonds is 0. The molecule has 0 unspecified atom stereocenters. The van der Waals surface area contributed by atoms with Gasteiger partial charge in [0.25, 0.3) is 0 Å². The van der Waals surface area contributed by atoms with Crippen molar-refractivity contribution in [1.29, 1.82) is 0 Å². The van der Waals surface area contributed by atoms with Crippen LogP contribution in [-0.4, -0.2) is 38.7 Å². The average Bonchev–Trinajstić information content (AvgIpc) is 1.50. The molecule has 0 spiro atoms. The molecule has 0 N–H and O–H groups in total. The van der Waals surface area contributed by atoms with Crippen molar-refractivity contribution >= 4 is 38.7 Å². The molecule has 0 rings (SSSR count). The molecule has 0 amide bonds. The third kappa shape index (κ3) is 12.6. The first-order chi connectivity index (χ1) is 2.00. The molecule has 20 valence electrons. The van der Waals surface area contributed by atoms with Gasteiger partial charge in [0.2, 0.25) is 0 Å². The normalized spacial score (nSPS) is 1.75. The van der Waals surface area contributed by atoms with Gasteiger partial charge in [-0.1, -0.05) is 0 Å². The molecule has 4 heavy (non-hydrogen) atoms. The zero-order valence-electron chi connectivity index (χ0n) is 2.02. The molecule has 2 radical (unpaired) electrons. The van der Waals surface area contributed by atoms with E-state index in [1.54, 1.807) is 0 Å². The SMILES string of the molecule is [O]=[AlH].[O]=[Sn]. The van der Waals surface area contributed by atoms with E-state index in [-0.39, 0.29) is 0 Å². The maximum absolute atomic E-state index is 8.34.